The summed E-state index contributed by atoms with van der Waals surface area (Å²) in [5, 5.41) is 0.491. The van der Waals surface area contributed by atoms with Crippen molar-refractivity contribution in [3.63, 3.8) is 0 Å². The smallest absolute Gasteiger partial charge is 0.398 e. The van der Waals surface area contributed by atoms with Crippen LogP contribution in [-0.2, 0) is 14.0 Å². The summed E-state index contributed by atoms with van der Waals surface area (Å²) in [5.41, 5.74) is -0.872. The second-order valence-corrected chi connectivity index (χ2v) is 9.01. The van der Waals surface area contributed by atoms with Crippen molar-refractivity contribution in [1.82, 2.24) is 0 Å². The lowest BCUT2D eigenvalue weighted by molar-refractivity contribution is 0.000565. The molecule has 1 fully saturated rings. The third-order valence-electron chi connectivity index (χ3n) is 4.83. The molecule has 6 heteroatoms. The maximum Gasteiger partial charge on any atom is 0.525 e. The molecular weight excluding hydrogens is 353 g/mol. The summed E-state index contributed by atoms with van der Waals surface area (Å²) in [6, 6.07) is 7.21. The van der Waals surface area contributed by atoms with Gasteiger partial charge in [0.2, 0.25) is 0 Å². The molecule has 1 aromatic rings. The molecular formula is C20H29BClFO3. The molecule has 3 nitrogen and oxygen atoms in total. The van der Waals surface area contributed by atoms with E-state index < -0.39 is 24.0 Å². The van der Waals surface area contributed by atoms with Crippen molar-refractivity contribution in [1.29, 1.82) is 0 Å². The molecule has 0 unspecified atom stereocenters. The van der Waals surface area contributed by atoms with Crippen molar-refractivity contribution in [2.24, 2.45) is 0 Å². The van der Waals surface area contributed by atoms with Crippen LogP contribution in [0.1, 0.15) is 60.5 Å². The lowest BCUT2D eigenvalue weighted by Gasteiger charge is -2.32. The molecule has 1 aromatic carbocycles. The summed E-state index contributed by atoms with van der Waals surface area (Å²) in [7, 11) is -1.05. The summed E-state index contributed by atoms with van der Waals surface area (Å²) in [4.78, 5) is 0. The number of benzene rings is 1. The lowest BCUT2D eigenvalue weighted by Crippen LogP contribution is -2.41. The molecule has 2 rings (SSSR count). The first-order chi connectivity index (χ1) is 11.8. The minimum absolute atomic E-state index is 0.299. The van der Waals surface area contributed by atoms with Gasteiger partial charge in [-0.05, 0) is 72.1 Å². The highest BCUT2D eigenvalue weighted by atomic mass is 35.5. The van der Waals surface area contributed by atoms with E-state index in [0.29, 0.717) is 29.2 Å². The first-order valence-corrected chi connectivity index (χ1v) is 9.35. The van der Waals surface area contributed by atoms with E-state index in [9.17, 15) is 0 Å². The Kier molecular flexibility index (Phi) is 6.29. The van der Waals surface area contributed by atoms with Crippen molar-refractivity contribution < 1.29 is 18.4 Å². The highest BCUT2D eigenvalue weighted by Gasteiger charge is 2.53. The predicted molar refractivity (Wildman–Crippen MR) is 106 cm³/mol. The number of hydrogen-bond donors (Lipinski definition) is 0. The highest BCUT2D eigenvalue weighted by molar-refractivity contribution is 6.55. The van der Waals surface area contributed by atoms with E-state index in [1.165, 1.54) is 0 Å². The molecule has 0 saturated carbocycles. The van der Waals surface area contributed by atoms with Gasteiger partial charge in [-0.2, -0.15) is 0 Å². The van der Waals surface area contributed by atoms with Gasteiger partial charge >= 0.3 is 7.12 Å². The van der Waals surface area contributed by atoms with Crippen LogP contribution >= 0.6 is 11.6 Å². The van der Waals surface area contributed by atoms with Gasteiger partial charge in [-0.3, -0.25) is 0 Å². The fourth-order valence-corrected chi connectivity index (χ4v) is 2.89. The van der Waals surface area contributed by atoms with E-state index in [1.807, 2.05) is 60.6 Å². The van der Waals surface area contributed by atoms with Gasteiger partial charge in [0.05, 0.1) is 23.4 Å². The second-order valence-electron chi connectivity index (χ2n) is 8.61. The molecule has 1 aliphatic rings. The largest absolute Gasteiger partial charge is 0.525 e. The summed E-state index contributed by atoms with van der Waals surface area (Å²) in [6.45, 7) is 13.9. The molecule has 26 heavy (non-hydrogen) atoms. The van der Waals surface area contributed by atoms with Gasteiger partial charge in [-0.15, -0.1) is 0 Å². The predicted octanol–water partition coefficient (Wildman–Crippen LogP) is 5.86. The van der Waals surface area contributed by atoms with Crippen LogP contribution in [0.3, 0.4) is 0 Å². The second kappa shape index (κ2) is 7.63. The Morgan fingerprint density at radius 3 is 2.15 bits per heavy atom. The first kappa shape index (κ1) is 21.4. The quantitative estimate of drug-likeness (QED) is 0.597. The van der Waals surface area contributed by atoms with Crippen LogP contribution in [0.15, 0.2) is 30.0 Å². The molecule has 0 aromatic heterocycles. The lowest BCUT2D eigenvalue weighted by atomic mass is 9.82. The number of hydrogen-bond acceptors (Lipinski definition) is 3. The summed E-state index contributed by atoms with van der Waals surface area (Å²) in [6.07, 6.45) is 0.372. The van der Waals surface area contributed by atoms with Gasteiger partial charge in [0.15, 0.2) is 0 Å². The third-order valence-corrected chi connectivity index (χ3v) is 5.16. The van der Waals surface area contributed by atoms with E-state index in [4.69, 9.17) is 25.6 Å². The maximum absolute atomic E-state index is 15.5. The topological polar surface area (TPSA) is 27.7 Å². The zero-order valence-electron chi connectivity index (χ0n) is 16.8. The number of rotatable bonds is 5. The molecule has 1 aliphatic heterocycles. The molecule has 0 spiro atoms. The van der Waals surface area contributed by atoms with Crippen LogP contribution < -0.4 is 0 Å². The maximum atomic E-state index is 15.5. The highest BCUT2D eigenvalue weighted by Crippen LogP contribution is 2.41. The fourth-order valence-electron chi connectivity index (χ4n) is 2.64. The summed E-state index contributed by atoms with van der Waals surface area (Å²) in [5.74, 6) is 0. The van der Waals surface area contributed by atoms with E-state index in [1.54, 1.807) is 12.1 Å². The van der Waals surface area contributed by atoms with Crippen LogP contribution in [-0.4, -0.2) is 30.5 Å². The standard InChI is InChI=1S/C20H29BClFO3/c1-18(2,3)24-13-12-15(14-10-8-9-11-16(14)22)17(23)21-25-19(4,5)20(6,7)26-21/h8-11H,12-13H2,1-7H3. The van der Waals surface area contributed by atoms with Gasteiger partial charge in [0.25, 0.3) is 0 Å². The Labute approximate surface area is 162 Å². The van der Waals surface area contributed by atoms with Crippen LogP contribution in [0, 0.1) is 0 Å². The monoisotopic (exact) mass is 382 g/mol. The van der Waals surface area contributed by atoms with Crippen molar-refractivity contribution in [3.8, 4) is 0 Å². The van der Waals surface area contributed by atoms with Crippen molar-refractivity contribution in [2.75, 3.05) is 6.61 Å². The van der Waals surface area contributed by atoms with Crippen molar-refractivity contribution >= 4 is 24.3 Å². The van der Waals surface area contributed by atoms with E-state index >= 15 is 4.39 Å². The van der Waals surface area contributed by atoms with Gasteiger partial charge in [-0.25, -0.2) is 4.39 Å². The van der Waals surface area contributed by atoms with Gasteiger partial charge in [-0.1, -0.05) is 29.8 Å². The Morgan fingerprint density at radius 1 is 1.12 bits per heavy atom. The summed E-state index contributed by atoms with van der Waals surface area (Å²) < 4.78 is 33.0. The molecule has 0 radical (unpaired) electrons. The molecule has 1 saturated heterocycles. The minimum atomic E-state index is -1.05. The van der Waals surface area contributed by atoms with Crippen LogP contribution in [0.4, 0.5) is 4.39 Å². The molecule has 0 bridgehead atoms. The fraction of sp³-hybridized carbons (Fsp3) is 0.600. The molecule has 0 aliphatic carbocycles. The SMILES string of the molecule is CC(C)(C)OCCC(=C(F)B1OC(C)(C)C(C)(C)O1)c1ccccc1Cl. The van der Waals surface area contributed by atoms with Crippen LogP contribution in [0.25, 0.3) is 5.57 Å². The average Bonchev–Trinajstić information content (AvgIpc) is 2.71. The number of ether oxygens (including phenoxy) is 1. The minimum Gasteiger partial charge on any atom is -0.398 e. The zero-order valence-corrected chi connectivity index (χ0v) is 17.5. The third kappa shape index (κ3) is 4.89. The molecule has 0 amide bonds. The van der Waals surface area contributed by atoms with Crippen LogP contribution in [0.5, 0.6) is 0 Å². The Morgan fingerprint density at radius 2 is 1.65 bits per heavy atom. The Balaban J connectivity index is 2.36. The average molecular weight is 383 g/mol. The van der Waals surface area contributed by atoms with Gasteiger partial charge in [0.1, 0.15) is 5.73 Å². The van der Waals surface area contributed by atoms with Crippen LogP contribution in [0.2, 0.25) is 5.02 Å². The molecule has 144 valence electrons. The summed E-state index contributed by atoms with van der Waals surface area (Å²) >= 11 is 6.33. The normalized spacial score (nSPS) is 20.3. The zero-order chi connectivity index (χ0) is 19.8. The molecule has 1 heterocycles. The van der Waals surface area contributed by atoms with Crippen molar-refractivity contribution in [3.05, 3.63) is 40.6 Å². The Bertz CT molecular complexity index is 664. The number of halogens is 2. The van der Waals surface area contributed by atoms with Gasteiger partial charge in [0, 0.05) is 5.02 Å². The first-order valence-electron chi connectivity index (χ1n) is 8.97. The van der Waals surface area contributed by atoms with E-state index in [2.05, 4.69) is 0 Å². The van der Waals surface area contributed by atoms with Crippen molar-refractivity contribution in [2.45, 2.75) is 71.7 Å². The Hall–Kier alpha value is -0.875. The van der Waals surface area contributed by atoms with Gasteiger partial charge < -0.3 is 14.0 Å². The van der Waals surface area contributed by atoms with E-state index in [0.717, 1.165) is 0 Å². The molecule has 0 atom stereocenters. The molecule has 0 N–H and O–H groups in total. The van der Waals surface area contributed by atoms with E-state index in [-0.39, 0.29) is 5.60 Å².